The fraction of sp³-hybridized carbons (Fsp3) is 0.217. The van der Waals surface area contributed by atoms with Gasteiger partial charge >= 0.3 is 0 Å². The minimum atomic E-state index is -0.262. The summed E-state index contributed by atoms with van der Waals surface area (Å²) in [6.45, 7) is 0.442. The number of carbonyl (C=O) groups excluding carboxylic acids is 2. The molecule has 29 heavy (non-hydrogen) atoms. The summed E-state index contributed by atoms with van der Waals surface area (Å²) in [4.78, 5) is 27.8. The maximum atomic E-state index is 12.3. The van der Waals surface area contributed by atoms with E-state index in [2.05, 4.69) is 21.6 Å². The lowest BCUT2D eigenvalue weighted by molar-refractivity contribution is -0.120. The molecule has 150 valence electrons. The molecule has 0 saturated heterocycles. The molecular weight excluding hydrogens is 382 g/mol. The second-order valence-electron chi connectivity index (χ2n) is 6.92. The van der Waals surface area contributed by atoms with Gasteiger partial charge in [0.15, 0.2) is 0 Å². The molecule has 0 saturated carbocycles. The van der Waals surface area contributed by atoms with Crippen LogP contribution >= 0.6 is 11.3 Å². The molecule has 0 radical (unpaired) electrons. The van der Waals surface area contributed by atoms with Gasteiger partial charge in [0.25, 0.3) is 5.91 Å². The fourth-order valence-corrected chi connectivity index (χ4v) is 3.92. The molecule has 6 heteroatoms. The highest BCUT2D eigenvalue weighted by atomic mass is 32.1. The van der Waals surface area contributed by atoms with Crippen LogP contribution in [-0.4, -0.2) is 43.9 Å². The fourth-order valence-electron chi connectivity index (χ4n) is 3.00. The van der Waals surface area contributed by atoms with Gasteiger partial charge in [0.2, 0.25) is 5.91 Å². The molecule has 0 aliphatic rings. The number of likely N-dealkylation sites (N-methyl/N-ethyl adjacent to an activating group) is 1. The topological polar surface area (TPSA) is 61.4 Å². The van der Waals surface area contributed by atoms with Crippen LogP contribution in [-0.2, 0) is 4.79 Å². The zero-order valence-corrected chi connectivity index (χ0v) is 17.4. The lowest BCUT2D eigenvalue weighted by Gasteiger charge is -2.23. The Morgan fingerprint density at radius 3 is 2.21 bits per heavy atom. The summed E-state index contributed by atoms with van der Waals surface area (Å²) in [6, 6.07) is 21.5. The summed E-state index contributed by atoms with van der Waals surface area (Å²) in [5, 5.41) is 7.61. The van der Waals surface area contributed by atoms with Crippen LogP contribution in [0.5, 0.6) is 0 Å². The van der Waals surface area contributed by atoms with Crippen LogP contribution in [0.2, 0.25) is 0 Å². The number of amides is 2. The van der Waals surface area contributed by atoms with Crippen LogP contribution in [0.1, 0.15) is 21.3 Å². The van der Waals surface area contributed by atoms with Crippen molar-refractivity contribution in [1.29, 1.82) is 0 Å². The zero-order valence-electron chi connectivity index (χ0n) is 16.6. The van der Waals surface area contributed by atoms with Crippen molar-refractivity contribution in [1.82, 2.24) is 15.5 Å². The normalized spacial score (nSPS) is 11.8. The number of rotatable bonds is 8. The summed E-state index contributed by atoms with van der Waals surface area (Å²) in [6.07, 6.45) is 0. The van der Waals surface area contributed by atoms with E-state index in [1.807, 2.05) is 68.0 Å². The average Bonchev–Trinajstić information content (AvgIpc) is 3.27. The SMILES string of the molecule is CN(C)C(CNC(=O)CNC(=O)c1ccc(-c2ccccc2)cc1)c1cccs1. The highest BCUT2D eigenvalue weighted by Crippen LogP contribution is 2.22. The monoisotopic (exact) mass is 407 g/mol. The van der Waals surface area contributed by atoms with Gasteiger partial charge in [-0.2, -0.15) is 0 Å². The lowest BCUT2D eigenvalue weighted by Crippen LogP contribution is -2.40. The molecule has 1 unspecified atom stereocenters. The minimum absolute atomic E-state index is 0.0517. The molecule has 1 aromatic heterocycles. The van der Waals surface area contributed by atoms with Crippen molar-refractivity contribution in [2.24, 2.45) is 0 Å². The number of hydrogen-bond donors (Lipinski definition) is 2. The number of nitrogens with one attached hydrogen (secondary N) is 2. The number of benzene rings is 2. The first-order valence-corrected chi connectivity index (χ1v) is 10.3. The van der Waals surface area contributed by atoms with E-state index in [1.54, 1.807) is 23.5 Å². The van der Waals surface area contributed by atoms with Crippen molar-refractivity contribution in [3.8, 4) is 11.1 Å². The van der Waals surface area contributed by atoms with Crippen LogP contribution in [0.4, 0.5) is 0 Å². The second kappa shape index (κ2) is 10.0. The predicted octanol–water partition coefficient (Wildman–Crippen LogP) is 3.56. The molecule has 3 rings (SSSR count). The molecule has 0 bridgehead atoms. The Morgan fingerprint density at radius 1 is 0.897 bits per heavy atom. The van der Waals surface area contributed by atoms with Crippen molar-refractivity contribution in [2.45, 2.75) is 6.04 Å². The quantitative estimate of drug-likeness (QED) is 0.600. The number of thiophene rings is 1. The molecule has 2 N–H and O–H groups in total. The predicted molar refractivity (Wildman–Crippen MR) is 118 cm³/mol. The second-order valence-corrected chi connectivity index (χ2v) is 7.90. The molecule has 5 nitrogen and oxygen atoms in total. The Bertz CT molecular complexity index is 923. The molecule has 0 aliphatic heterocycles. The molecule has 1 heterocycles. The Kier molecular flexibility index (Phi) is 7.16. The van der Waals surface area contributed by atoms with E-state index in [9.17, 15) is 9.59 Å². The van der Waals surface area contributed by atoms with Gasteiger partial charge in [0.1, 0.15) is 0 Å². The van der Waals surface area contributed by atoms with Gasteiger partial charge in [0, 0.05) is 17.0 Å². The van der Waals surface area contributed by atoms with E-state index in [-0.39, 0.29) is 24.4 Å². The van der Waals surface area contributed by atoms with Gasteiger partial charge < -0.3 is 15.5 Å². The average molecular weight is 408 g/mol. The van der Waals surface area contributed by atoms with Crippen LogP contribution in [0.15, 0.2) is 72.1 Å². The van der Waals surface area contributed by atoms with Gasteiger partial charge in [-0.3, -0.25) is 9.59 Å². The minimum Gasteiger partial charge on any atom is -0.353 e. The first-order valence-electron chi connectivity index (χ1n) is 9.45. The highest BCUT2D eigenvalue weighted by Gasteiger charge is 2.16. The summed E-state index contributed by atoms with van der Waals surface area (Å²) >= 11 is 1.66. The van der Waals surface area contributed by atoms with Crippen molar-refractivity contribution in [2.75, 3.05) is 27.2 Å². The number of hydrogen-bond acceptors (Lipinski definition) is 4. The lowest BCUT2D eigenvalue weighted by atomic mass is 10.0. The van der Waals surface area contributed by atoms with Gasteiger partial charge in [-0.05, 0) is 48.8 Å². The van der Waals surface area contributed by atoms with E-state index in [0.717, 1.165) is 11.1 Å². The van der Waals surface area contributed by atoms with Crippen molar-refractivity contribution in [3.05, 3.63) is 82.6 Å². The Hall–Kier alpha value is -2.96. The Labute approximate surface area is 175 Å². The maximum Gasteiger partial charge on any atom is 0.251 e. The highest BCUT2D eigenvalue weighted by molar-refractivity contribution is 7.10. The van der Waals surface area contributed by atoms with Crippen molar-refractivity contribution in [3.63, 3.8) is 0 Å². The first-order chi connectivity index (χ1) is 14.0. The molecule has 0 aliphatic carbocycles. The standard InChI is InChI=1S/C23H25N3O2S/c1-26(2)20(21-9-6-14-29-21)15-24-22(27)16-25-23(28)19-12-10-18(11-13-19)17-7-4-3-5-8-17/h3-14,20H,15-16H2,1-2H3,(H,24,27)(H,25,28). The summed E-state index contributed by atoms with van der Waals surface area (Å²) in [7, 11) is 3.97. The Morgan fingerprint density at radius 2 is 1.59 bits per heavy atom. The van der Waals surface area contributed by atoms with Gasteiger partial charge in [-0.1, -0.05) is 48.5 Å². The number of nitrogens with zero attached hydrogens (tertiary/aromatic N) is 1. The Balaban J connectivity index is 1.49. The van der Waals surface area contributed by atoms with Crippen molar-refractivity contribution < 1.29 is 9.59 Å². The van der Waals surface area contributed by atoms with E-state index in [4.69, 9.17) is 0 Å². The largest absolute Gasteiger partial charge is 0.353 e. The third-order valence-corrected chi connectivity index (χ3v) is 5.62. The molecule has 0 spiro atoms. The summed E-state index contributed by atoms with van der Waals surface area (Å²) in [5.74, 6) is -0.468. The third kappa shape index (κ3) is 5.76. The first kappa shape index (κ1) is 20.8. The van der Waals surface area contributed by atoms with Crippen LogP contribution < -0.4 is 10.6 Å². The van der Waals surface area contributed by atoms with E-state index in [0.29, 0.717) is 12.1 Å². The van der Waals surface area contributed by atoms with Crippen LogP contribution in [0.25, 0.3) is 11.1 Å². The summed E-state index contributed by atoms with van der Waals surface area (Å²) in [5.41, 5.74) is 2.67. The molecular formula is C23H25N3O2S. The van der Waals surface area contributed by atoms with Crippen LogP contribution in [0, 0.1) is 0 Å². The molecule has 2 aromatic carbocycles. The molecule has 1 atom stereocenters. The van der Waals surface area contributed by atoms with Crippen molar-refractivity contribution >= 4 is 23.2 Å². The molecule has 3 aromatic rings. The van der Waals surface area contributed by atoms with Gasteiger partial charge in [-0.15, -0.1) is 11.3 Å². The number of carbonyl (C=O) groups is 2. The smallest absolute Gasteiger partial charge is 0.251 e. The van der Waals surface area contributed by atoms with Gasteiger partial charge in [-0.25, -0.2) is 0 Å². The van der Waals surface area contributed by atoms with Crippen LogP contribution in [0.3, 0.4) is 0 Å². The third-order valence-electron chi connectivity index (χ3n) is 4.65. The van der Waals surface area contributed by atoms with Gasteiger partial charge in [0.05, 0.1) is 12.6 Å². The van der Waals surface area contributed by atoms with E-state index >= 15 is 0 Å². The van der Waals surface area contributed by atoms with E-state index in [1.165, 1.54) is 4.88 Å². The van der Waals surface area contributed by atoms with E-state index < -0.39 is 0 Å². The summed E-state index contributed by atoms with van der Waals surface area (Å²) < 4.78 is 0. The zero-order chi connectivity index (χ0) is 20.6. The molecule has 2 amide bonds. The maximum absolute atomic E-state index is 12.3. The molecule has 0 fully saturated rings.